The zero-order chi connectivity index (χ0) is 20.0. The van der Waals surface area contributed by atoms with Crippen LogP contribution in [-0.4, -0.2) is 67.8 Å². The second kappa shape index (κ2) is 6.84. The molecule has 148 valence electrons. The van der Waals surface area contributed by atoms with Crippen LogP contribution in [0.3, 0.4) is 0 Å². The van der Waals surface area contributed by atoms with Gasteiger partial charge in [0.15, 0.2) is 11.5 Å². The molecule has 9 nitrogen and oxygen atoms in total. The van der Waals surface area contributed by atoms with Crippen LogP contribution in [0, 0.1) is 0 Å². The molecule has 1 aromatic carbocycles. The third-order valence-electron chi connectivity index (χ3n) is 5.55. The summed E-state index contributed by atoms with van der Waals surface area (Å²) in [5.41, 5.74) is 3.18. The predicted molar refractivity (Wildman–Crippen MR) is 109 cm³/mol. The summed E-state index contributed by atoms with van der Waals surface area (Å²) in [6.07, 6.45) is 3.32. The first-order valence-electron chi connectivity index (χ1n) is 9.72. The van der Waals surface area contributed by atoms with Gasteiger partial charge >= 0.3 is 0 Å². The van der Waals surface area contributed by atoms with E-state index in [-0.39, 0.29) is 11.8 Å². The van der Waals surface area contributed by atoms with Gasteiger partial charge in [0.05, 0.1) is 17.4 Å². The molecule has 0 radical (unpaired) electrons. The number of aromatic amines is 1. The Morgan fingerprint density at radius 1 is 1.14 bits per heavy atom. The number of likely N-dealkylation sites (tertiary alicyclic amines) is 1. The summed E-state index contributed by atoms with van der Waals surface area (Å²) in [5, 5.41) is 13.3. The SMILES string of the molecule is CN(C)c1ccc2nnc(C3CCN(C(=O)c4ccc5nc[nH]c5c4)CC3)n2n1. The molecule has 0 spiro atoms. The summed E-state index contributed by atoms with van der Waals surface area (Å²) < 4.78 is 1.84. The Morgan fingerprint density at radius 3 is 2.76 bits per heavy atom. The van der Waals surface area contributed by atoms with Gasteiger partial charge in [-0.3, -0.25) is 4.79 Å². The fraction of sp³-hybridized carbons (Fsp3) is 0.350. The van der Waals surface area contributed by atoms with Crippen molar-refractivity contribution in [2.45, 2.75) is 18.8 Å². The van der Waals surface area contributed by atoms with E-state index in [1.54, 1.807) is 6.33 Å². The highest BCUT2D eigenvalue weighted by molar-refractivity contribution is 5.97. The molecule has 9 heteroatoms. The van der Waals surface area contributed by atoms with E-state index < -0.39 is 0 Å². The summed E-state index contributed by atoms with van der Waals surface area (Å²) in [5.74, 6) is 2.02. The number of nitrogens with one attached hydrogen (secondary N) is 1. The van der Waals surface area contributed by atoms with E-state index in [0.717, 1.165) is 41.2 Å². The summed E-state index contributed by atoms with van der Waals surface area (Å²) >= 11 is 0. The smallest absolute Gasteiger partial charge is 0.253 e. The number of anilines is 1. The van der Waals surface area contributed by atoms with Gasteiger partial charge in [0, 0.05) is 38.7 Å². The van der Waals surface area contributed by atoms with Gasteiger partial charge in [-0.15, -0.1) is 15.3 Å². The van der Waals surface area contributed by atoms with Crippen LogP contribution < -0.4 is 4.90 Å². The molecule has 3 aromatic heterocycles. The van der Waals surface area contributed by atoms with E-state index >= 15 is 0 Å². The van der Waals surface area contributed by atoms with Crippen molar-refractivity contribution >= 4 is 28.4 Å². The number of carbonyl (C=O) groups excluding carboxylic acids is 1. The molecule has 5 rings (SSSR count). The van der Waals surface area contributed by atoms with Gasteiger partial charge in [-0.25, -0.2) is 4.98 Å². The van der Waals surface area contributed by atoms with Crippen LogP contribution in [0.4, 0.5) is 5.82 Å². The van der Waals surface area contributed by atoms with E-state index in [1.807, 2.05) is 58.7 Å². The number of fused-ring (bicyclic) bond motifs is 2. The lowest BCUT2D eigenvalue weighted by molar-refractivity contribution is 0.0711. The number of nitrogens with zero attached hydrogens (tertiary/aromatic N) is 7. The Kier molecular flexibility index (Phi) is 4.15. The van der Waals surface area contributed by atoms with Gasteiger partial charge in [0.2, 0.25) is 0 Å². The van der Waals surface area contributed by atoms with E-state index in [9.17, 15) is 4.79 Å². The van der Waals surface area contributed by atoms with Gasteiger partial charge in [-0.05, 0) is 43.2 Å². The maximum atomic E-state index is 12.9. The average molecular weight is 390 g/mol. The van der Waals surface area contributed by atoms with Crippen molar-refractivity contribution in [2.24, 2.45) is 0 Å². The number of H-pyrrole nitrogens is 1. The predicted octanol–water partition coefficient (Wildman–Crippen LogP) is 2.09. The number of hydrogen-bond acceptors (Lipinski definition) is 6. The van der Waals surface area contributed by atoms with E-state index in [2.05, 4.69) is 25.3 Å². The maximum Gasteiger partial charge on any atom is 0.253 e. The minimum atomic E-state index is 0.0547. The van der Waals surface area contributed by atoms with Gasteiger partial charge in [0.1, 0.15) is 5.82 Å². The van der Waals surface area contributed by atoms with Crippen molar-refractivity contribution in [1.29, 1.82) is 0 Å². The van der Waals surface area contributed by atoms with Crippen LogP contribution in [0.25, 0.3) is 16.7 Å². The van der Waals surface area contributed by atoms with Crippen molar-refractivity contribution in [3.8, 4) is 0 Å². The van der Waals surface area contributed by atoms with Crippen LogP contribution in [-0.2, 0) is 0 Å². The summed E-state index contributed by atoms with van der Waals surface area (Å²) in [6.45, 7) is 1.37. The normalized spacial score (nSPS) is 15.3. The van der Waals surface area contributed by atoms with E-state index in [4.69, 9.17) is 0 Å². The number of benzene rings is 1. The van der Waals surface area contributed by atoms with Crippen LogP contribution in [0.15, 0.2) is 36.7 Å². The number of amides is 1. The minimum absolute atomic E-state index is 0.0547. The molecule has 0 aliphatic carbocycles. The number of carbonyl (C=O) groups is 1. The molecule has 0 bridgehead atoms. The molecular formula is C20H22N8O. The number of hydrogen-bond donors (Lipinski definition) is 1. The zero-order valence-electron chi connectivity index (χ0n) is 16.4. The standard InChI is InChI=1S/C20H22N8O/c1-26(2)18-6-5-17-23-24-19(28(17)25-18)13-7-9-27(10-8-13)20(29)14-3-4-15-16(11-14)22-12-21-15/h3-6,11-13H,7-10H2,1-2H3,(H,21,22). The summed E-state index contributed by atoms with van der Waals surface area (Å²) in [7, 11) is 3.92. The van der Waals surface area contributed by atoms with E-state index in [0.29, 0.717) is 18.7 Å². The molecule has 1 fully saturated rings. The first-order valence-corrected chi connectivity index (χ1v) is 9.72. The largest absolute Gasteiger partial charge is 0.361 e. The number of rotatable bonds is 3. The van der Waals surface area contributed by atoms with Crippen molar-refractivity contribution < 1.29 is 4.79 Å². The zero-order valence-corrected chi connectivity index (χ0v) is 16.4. The Balaban J connectivity index is 1.33. The Morgan fingerprint density at radius 2 is 1.97 bits per heavy atom. The van der Waals surface area contributed by atoms with Crippen molar-refractivity contribution in [2.75, 3.05) is 32.1 Å². The van der Waals surface area contributed by atoms with Crippen LogP contribution >= 0.6 is 0 Å². The molecule has 4 aromatic rings. The molecular weight excluding hydrogens is 368 g/mol. The second-order valence-electron chi connectivity index (χ2n) is 7.62. The highest BCUT2D eigenvalue weighted by Crippen LogP contribution is 2.28. The quantitative estimate of drug-likeness (QED) is 0.576. The lowest BCUT2D eigenvalue weighted by atomic mass is 9.95. The molecule has 4 heterocycles. The molecule has 1 saturated heterocycles. The third kappa shape index (κ3) is 3.08. The molecule has 29 heavy (non-hydrogen) atoms. The number of aromatic nitrogens is 6. The summed E-state index contributed by atoms with van der Waals surface area (Å²) in [4.78, 5) is 24.1. The van der Waals surface area contributed by atoms with Crippen molar-refractivity contribution in [3.63, 3.8) is 0 Å². The van der Waals surface area contributed by atoms with Crippen molar-refractivity contribution in [3.05, 3.63) is 48.0 Å². The second-order valence-corrected chi connectivity index (χ2v) is 7.62. The van der Waals surface area contributed by atoms with E-state index in [1.165, 1.54) is 0 Å². The van der Waals surface area contributed by atoms with Gasteiger partial charge in [-0.1, -0.05) is 0 Å². The lowest BCUT2D eigenvalue weighted by Gasteiger charge is -2.31. The Bertz CT molecular complexity index is 1190. The third-order valence-corrected chi connectivity index (χ3v) is 5.55. The highest BCUT2D eigenvalue weighted by Gasteiger charge is 2.28. The van der Waals surface area contributed by atoms with Crippen LogP contribution in [0.5, 0.6) is 0 Å². The Hall–Kier alpha value is -3.49. The minimum Gasteiger partial charge on any atom is -0.361 e. The molecule has 0 saturated carbocycles. The molecule has 1 amide bonds. The first kappa shape index (κ1) is 17.6. The summed E-state index contributed by atoms with van der Waals surface area (Å²) in [6, 6.07) is 9.46. The number of piperidine rings is 1. The molecule has 0 atom stereocenters. The Labute approximate surface area is 167 Å². The molecule has 1 N–H and O–H groups in total. The number of imidazole rings is 1. The van der Waals surface area contributed by atoms with Crippen molar-refractivity contribution in [1.82, 2.24) is 34.7 Å². The van der Waals surface area contributed by atoms with Gasteiger partial charge < -0.3 is 14.8 Å². The monoisotopic (exact) mass is 390 g/mol. The molecule has 0 unspecified atom stereocenters. The highest BCUT2D eigenvalue weighted by atomic mass is 16.2. The van der Waals surface area contributed by atoms with Gasteiger partial charge in [0.25, 0.3) is 5.91 Å². The first-order chi connectivity index (χ1) is 14.1. The molecule has 1 aliphatic heterocycles. The fourth-order valence-corrected chi connectivity index (χ4v) is 3.88. The topological polar surface area (TPSA) is 95.3 Å². The van der Waals surface area contributed by atoms with Gasteiger partial charge in [-0.2, -0.15) is 4.52 Å². The average Bonchev–Trinajstić information content (AvgIpc) is 3.39. The molecule has 1 aliphatic rings. The fourth-order valence-electron chi connectivity index (χ4n) is 3.88. The van der Waals surface area contributed by atoms with Crippen LogP contribution in [0.1, 0.15) is 34.9 Å². The van der Waals surface area contributed by atoms with Crippen LogP contribution in [0.2, 0.25) is 0 Å². The lowest BCUT2D eigenvalue weighted by Crippen LogP contribution is -2.38. The maximum absolute atomic E-state index is 12.9.